The fourth-order valence-corrected chi connectivity index (χ4v) is 3.63. The van der Waals surface area contributed by atoms with E-state index in [1.165, 1.54) is 6.92 Å². The lowest BCUT2D eigenvalue weighted by molar-refractivity contribution is -0.0522. The predicted octanol–water partition coefficient (Wildman–Crippen LogP) is 5.68. The smallest absolute Gasteiger partial charge is 0.381 e. The number of alkyl halides is 3. The van der Waals surface area contributed by atoms with Gasteiger partial charge in [-0.05, 0) is 30.2 Å². The monoisotopic (exact) mass is 432 g/mol. The molecule has 1 saturated heterocycles. The van der Waals surface area contributed by atoms with E-state index in [1.54, 1.807) is 24.3 Å². The van der Waals surface area contributed by atoms with Crippen LogP contribution in [0.5, 0.6) is 0 Å². The Hall–Kier alpha value is -2.03. The topological polar surface area (TPSA) is 52.6 Å². The standard InChI is InChI=1S/C19H16ClF3O4S/c1-12(27-28(24,25)19(21,22)23)16-11-17(13-5-3-2-4-6-13)26-18(16)14-7-9-15(20)10-8-14/h2-10,17-18H,11H2,1H3/b16-12+/t17-,18-/m1/s1. The Morgan fingerprint density at radius 3 is 2.25 bits per heavy atom. The second-order valence-corrected chi connectivity index (χ2v) is 8.21. The molecule has 0 saturated carbocycles. The molecule has 150 valence electrons. The number of allylic oxidation sites excluding steroid dienone is 1. The van der Waals surface area contributed by atoms with Crippen molar-refractivity contribution in [1.29, 1.82) is 0 Å². The second-order valence-electron chi connectivity index (χ2n) is 6.24. The zero-order chi connectivity index (χ0) is 20.5. The Balaban J connectivity index is 2.00. The van der Waals surface area contributed by atoms with Crippen molar-refractivity contribution in [3.8, 4) is 0 Å². The average molecular weight is 433 g/mol. The number of rotatable bonds is 4. The average Bonchev–Trinajstić information content (AvgIpc) is 3.07. The van der Waals surface area contributed by atoms with Gasteiger partial charge in [-0.15, -0.1) is 0 Å². The summed E-state index contributed by atoms with van der Waals surface area (Å²) in [6.07, 6.45) is -1.02. The van der Waals surface area contributed by atoms with Gasteiger partial charge in [-0.3, -0.25) is 0 Å². The molecule has 1 aliphatic rings. The highest BCUT2D eigenvalue weighted by atomic mass is 35.5. The molecule has 2 atom stereocenters. The van der Waals surface area contributed by atoms with Crippen LogP contribution in [0, 0.1) is 0 Å². The first kappa shape index (κ1) is 20.7. The molecule has 2 aromatic carbocycles. The summed E-state index contributed by atoms with van der Waals surface area (Å²) in [7, 11) is -5.76. The lowest BCUT2D eigenvalue weighted by atomic mass is 9.97. The molecule has 9 heteroatoms. The van der Waals surface area contributed by atoms with Gasteiger partial charge in [-0.2, -0.15) is 21.6 Å². The van der Waals surface area contributed by atoms with Crippen LogP contribution in [0.1, 0.15) is 36.7 Å². The number of hydrogen-bond acceptors (Lipinski definition) is 4. The Labute approximate surface area is 165 Å². The molecule has 1 heterocycles. The van der Waals surface area contributed by atoms with Crippen LogP contribution in [0.3, 0.4) is 0 Å². The Bertz CT molecular complexity index is 970. The van der Waals surface area contributed by atoms with Crippen molar-refractivity contribution in [3.05, 3.63) is 82.1 Å². The van der Waals surface area contributed by atoms with Gasteiger partial charge in [0.15, 0.2) is 0 Å². The van der Waals surface area contributed by atoms with Crippen molar-refractivity contribution in [3.63, 3.8) is 0 Å². The summed E-state index contributed by atoms with van der Waals surface area (Å²) in [5, 5.41) is 0.486. The van der Waals surface area contributed by atoms with Crippen molar-refractivity contribution in [2.75, 3.05) is 0 Å². The SMILES string of the molecule is C/C(OS(=O)(=O)C(F)(F)F)=C1/C[C@H](c2ccccc2)O[C@@H]1c1ccc(Cl)cc1. The summed E-state index contributed by atoms with van der Waals surface area (Å²) < 4.78 is 71.4. The van der Waals surface area contributed by atoms with E-state index in [-0.39, 0.29) is 12.2 Å². The summed E-state index contributed by atoms with van der Waals surface area (Å²) >= 11 is 5.90. The van der Waals surface area contributed by atoms with Crippen LogP contribution in [0.25, 0.3) is 0 Å². The summed E-state index contributed by atoms with van der Waals surface area (Å²) in [4.78, 5) is 0. The highest BCUT2D eigenvalue weighted by Crippen LogP contribution is 2.47. The highest BCUT2D eigenvalue weighted by molar-refractivity contribution is 7.87. The summed E-state index contributed by atoms with van der Waals surface area (Å²) in [6.45, 7) is 1.19. The van der Waals surface area contributed by atoms with E-state index in [4.69, 9.17) is 16.3 Å². The van der Waals surface area contributed by atoms with Crippen molar-refractivity contribution >= 4 is 21.7 Å². The third kappa shape index (κ3) is 4.34. The van der Waals surface area contributed by atoms with E-state index < -0.39 is 27.8 Å². The van der Waals surface area contributed by atoms with Crippen LogP contribution in [0.4, 0.5) is 13.2 Å². The molecule has 28 heavy (non-hydrogen) atoms. The molecule has 0 aliphatic carbocycles. The number of ether oxygens (including phenoxy) is 1. The zero-order valence-electron chi connectivity index (χ0n) is 14.6. The quantitative estimate of drug-likeness (QED) is 0.354. The highest BCUT2D eigenvalue weighted by Gasteiger charge is 2.49. The number of hydrogen-bond donors (Lipinski definition) is 0. The van der Waals surface area contributed by atoms with Gasteiger partial charge in [0, 0.05) is 17.0 Å². The van der Waals surface area contributed by atoms with E-state index in [0.717, 1.165) is 5.56 Å². The van der Waals surface area contributed by atoms with E-state index in [1.807, 2.05) is 30.3 Å². The van der Waals surface area contributed by atoms with E-state index in [0.29, 0.717) is 16.2 Å². The maximum absolute atomic E-state index is 12.7. The molecule has 1 fully saturated rings. The fraction of sp³-hybridized carbons (Fsp3) is 0.263. The second kappa shape index (κ2) is 7.77. The molecule has 0 radical (unpaired) electrons. The lowest BCUT2D eigenvalue weighted by Crippen LogP contribution is -2.25. The third-order valence-corrected chi connectivity index (χ3v) is 5.62. The molecule has 0 spiro atoms. The molecular weight excluding hydrogens is 417 g/mol. The summed E-state index contributed by atoms with van der Waals surface area (Å²) in [5.41, 5.74) is -3.74. The molecule has 0 aromatic heterocycles. The minimum Gasteiger partial charge on any atom is -0.381 e. The van der Waals surface area contributed by atoms with Gasteiger partial charge < -0.3 is 8.92 Å². The Kier molecular flexibility index (Phi) is 5.74. The van der Waals surface area contributed by atoms with Gasteiger partial charge in [-0.1, -0.05) is 54.1 Å². The number of halogens is 4. The fourth-order valence-electron chi connectivity index (χ4n) is 2.98. The summed E-state index contributed by atoms with van der Waals surface area (Å²) in [6, 6.07) is 15.7. The largest absolute Gasteiger partial charge is 0.534 e. The number of benzene rings is 2. The van der Waals surface area contributed by atoms with Crippen molar-refractivity contribution in [2.24, 2.45) is 0 Å². The maximum atomic E-state index is 12.7. The minimum absolute atomic E-state index is 0.191. The molecule has 0 amide bonds. The van der Waals surface area contributed by atoms with Crippen LogP contribution in [-0.4, -0.2) is 13.9 Å². The Morgan fingerprint density at radius 1 is 1.07 bits per heavy atom. The van der Waals surface area contributed by atoms with Crippen molar-refractivity contribution < 1.29 is 30.5 Å². The first-order valence-electron chi connectivity index (χ1n) is 8.25. The van der Waals surface area contributed by atoms with E-state index in [2.05, 4.69) is 4.18 Å². The summed E-state index contributed by atoms with van der Waals surface area (Å²) in [5.74, 6) is -0.351. The van der Waals surface area contributed by atoms with Crippen LogP contribution in [0.2, 0.25) is 5.02 Å². The van der Waals surface area contributed by atoms with Crippen LogP contribution in [-0.2, 0) is 19.0 Å². The van der Waals surface area contributed by atoms with Crippen LogP contribution in [0.15, 0.2) is 65.9 Å². The molecule has 4 nitrogen and oxygen atoms in total. The molecular formula is C19H16ClF3O4S. The normalized spacial score (nSPS) is 22.2. The van der Waals surface area contributed by atoms with Gasteiger partial charge in [0.05, 0.1) is 6.10 Å². The van der Waals surface area contributed by atoms with Gasteiger partial charge in [0.25, 0.3) is 0 Å². The van der Waals surface area contributed by atoms with Gasteiger partial charge >= 0.3 is 15.6 Å². The lowest BCUT2D eigenvalue weighted by Gasteiger charge is -2.17. The first-order valence-corrected chi connectivity index (χ1v) is 10.0. The molecule has 0 N–H and O–H groups in total. The van der Waals surface area contributed by atoms with Gasteiger partial charge in [0.1, 0.15) is 11.9 Å². The van der Waals surface area contributed by atoms with E-state index >= 15 is 0 Å². The van der Waals surface area contributed by atoms with Crippen LogP contribution >= 0.6 is 11.6 Å². The van der Waals surface area contributed by atoms with Gasteiger partial charge in [0.2, 0.25) is 0 Å². The van der Waals surface area contributed by atoms with Gasteiger partial charge in [-0.25, -0.2) is 0 Å². The maximum Gasteiger partial charge on any atom is 0.534 e. The van der Waals surface area contributed by atoms with E-state index in [9.17, 15) is 21.6 Å². The van der Waals surface area contributed by atoms with Crippen LogP contribution < -0.4 is 0 Å². The molecule has 3 rings (SSSR count). The molecule has 1 aliphatic heterocycles. The van der Waals surface area contributed by atoms with Crippen molar-refractivity contribution in [2.45, 2.75) is 31.1 Å². The third-order valence-electron chi connectivity index (χ3n) is 4.34. The zero-order valence-corrected chi connectivity index (χ0v) is 16.2. The molecule has 0 unspecified atom stereocenters. The molecule has 2 aromatic rings. The molecule has 0 bridgehead atoms. The predicted molar refractivity (Wildman–Crippen MR) is 97.8 cm³/mol. The minimum atomic E-state index is -5.76. The Morgan fingerprint density at radius 2 is 1.68 bits per heavy atom. The first-order chi connectivity index (χ1) is 13.1. The van der Waals surface area contributed by atoms with Crippen molar-refractivity contribution in [1.82, 2.24) is 0 Å².